The van der Waals surface area contributed by atoms with Crippen LogP contribution in [-0.4, -0.2) is 53.4 Å². The Kier molecular flexibility index (Phi) is 7.89. The number of fused-ring (bicyclic) bond motifs is 1. The van der Waals surface area contributed by atoms with Gasteiger partial charge in [-0.15, -0.1) is 0 Å². The molecule has 7 heteroatoms. The van der Waals surface area contributed by atoms with Gasteiger partial charge in [-0.2, -0.15) is 0 Å². The zero-order chi connectivity index (χ0) is 27.4. The van der Waals surface area contributed by atoms with Crippen molar-refractivity contribution in [2.75, 3.05) is 25.0 Å². The van der Waals surface area contributed by atoms with E-state index in [4.69, 9.17) is 4.74 Å². The van der Waals surface area contributed by atoms with E-state index in [-0.39, 0.29) is 36.3 Å². The van der Waals surface area contributed by atoms with Crippen molar-refractivity contribution in [1.29, 1.82) is 0 Å². The second kappa shape index (κ2) is 11.7. The van der Waals surface area contributed by atoms with E-state index in [0.717, 1.165) is 16.3 Å². The van der Waals surface area contributed by atoms with Crippen LogP contribution >= 0.6 is 0 Å². The number of nitrogens with one attached hydrogen (secondary N) is 1. The van der Waals surface area contributed by atoms with Gasteiger partial charge in [0.2, 0.25) is 0 Å². The second-order valence-corrected chi connectivity index (χ2v) is 10.1. The Hall–Kier alpha value is -4.23. The molecule has 0 saturated carbocycles. The molecule has 6 nitrogen and oxygen atoms in total. The van der Waals surface area contributed by atoms with E-state index >= 15 is 0 Å². The number of amides is 2. The summed E-state index contributed by atoms with van der Waals surface area (Å²) < 4.78 is 19.3. The maximum absolute atomic E-state index is 13.3. The molecule has 0 aliphatic carbocycles. The molecule has 4 aromatic rings. The smallest absolute Gasteiger partial charge is 0.260 e. The van der Waals surface area contributed by atoms with E-state index in [9.17, 15) is 14.0 Å². The van der Waals surface area contributed by atoms with Crippen molar-refractivity contribution in [2.45, 2.75) is 32.5 Å². The fraction of sp³-hybridized carbons (Fsp3) is 0.250. The minimum atomic E-state index is -0.300. The van der Waals surface area contributed by atoms with Crippen LogP contribution in [0.4, 0.5) is 10.1 Å². The molecule has 1 N–H and O–H groups in total. The number of benzene rings is 4. The largest absolute Gasteiger partial charge is 0.483 e. The zero-order valence-corrected chi connectivity index (χ0v) is 22.1. The van der Waals surface area contributed by atoms with E-state index in [1.54, 1.807) is 18.2 Å². The van der Waals surface area contributed by atoms with Gasteiger partial charge in [0.05, 0.1) is 5.56 Å². The SMILES string of the molecule is C[C@@H]1CN(C(=O)COc2cc3ccccc3cc2C(=O)Nc2ccccc2)[C@@H](C)CN1Cc1ccc(F)cc1. The van der Waals surface area contributed by atoms with Crippen LogP contribution < -0.4 is 10.1 Å². The molecule has 2 amide bonds. The molecule has 1 fully saturated rings. The highest BCUT2D eigenvalue weighted by Gasteiger charge is 2.32. The van der Waals surface area contributed by atoms with Gasteiger partial charge < -0.3 is 15.0 Å². The van der Waals surface area contributed by atoms with Gasteiger partial charge in [-0.25, -0.2) is 4.39 Å². The Morgan fingerprint density at radius 3 is 2.26 bits per heavy atom. The van der Waals surface area contributed by atoms with E-state index in [1.165, 1.54) is 12.1 Å². The number of carbonyl (C=O) groups excluding carboxylic acids is 2. The lowest BCUT2D eigenvalue weighted by molar-refractivity contribution is -0.139. The van der Waals surface area contributed by atoms with Gasteiger partial charge in [0, 0.05) is 37.4 Å². The summed E-state index contributed by atoms with van der Waals surface area (Å²) >= 11 is 0. The van der Waals surface area contributed by atoms with Crippen LogP contribution in [0.25, 0.3) is 10.8 Å². The van der Waals surface area contributed by atoms with Crippen LogP contribution in [0.2, 0.25) is 0 Å². The summed E-state index contributed by atoms with van der Waals surface area (Å²) in [6.07, 6.45) is 0. The Balaban J connectivity index is 1.28. The normalized spacial score (nSPS) is 17.7. The lowest BCUT2D eigenvalue weighted by Gasteiger charge is -2.44. The van der Waals surface area contributed by atoms with Gasteiger partial charge in [0.15, 0.2) is 6.61 Å². The van der Waals surface area contributed by atoms with E-state index in [2.05, 4.69) is 17.1 Å². The summed E-state index contributed by atoms with van der Waals surface area (Å²) in [6, 6.07) is 27.2. The monoisotopic (exact) mass is 525 g/mol. The topological polar surface area (TPSA) is 61.9 Å². The highest BCUT2D eigenvalue weighted by molar-refractivity contribution is 6.08. The molecule has 200 valence electrons. The molecule has 0 aromatic heterocycles. The first-order chi connectivity index (χ1) is 18.9. The number of hydrogen-bond acceptors (Lipinski definition) is 4. The first-order valence-corrected chi connectivity index (χ1v) is 13.2. The summed E-state index contributed by atoms with van der Waals surface area (Å²) in [5.41, 5.74) is 2.09. The second-order valence-electron chi connectivity index (χ2n) is 10.1. The molecule has 0 unspecified atom stereocenters. The summed E-state index contributed by atoms with van der Waals surface area (Å²) in [6.45, 7) is 5.90. The molecule has 4 aromatic carbocycles. The third-order valence-corrected chi connectivity index (χ3v) is 7.21. The lowest BCUT2D eigenvalue weighted by atomic mass is 10.0. The molecule has 1 saturated heterocycles. The first kappa shape index (κ1) is 26.4. The van der Waals surface area contributed by atoms with Gasteiger partial charge in [0.1, 0.15) is 11.6 Å². The van der Waals surface area contributed by atoms with Gasteiger partial charge in [-0.05, 0) is 66.6 Å². The maximum Gasteiger partial charge on any atom is 0.260 e. The van der Waals surface area contributed by atoms with E-state index < -0.39 is 0 Å². The number of ether oxygens (including phenoxy) is 1. The number of carbonyl (C=O) groups is 2. The third-order valence-electron chi connectivity index (χ3n) is 7.21. The van der Waals surface area contributed by atoms with Crippen LogP contribution in [0.1, 0.15) is 29.8 Å². The lowest BCUT2D eigenvalue weighted by Crippen LogP contribution is -2.58. The average Bonchev–Trinajstić information content (AvgIpc) is 2.94. The number of rotatable bonds is 7. The van der Waals surface area contributed by atoms with Crippen molar-refractivity contribution in [1.82, 2.24) is 9.80 Å². The van der Waals surface area contributed by atoms with Crippen LogP contribution in [-0.2, 0) is 11.3 Å². The fourth-order valence-electron chi connectivity index (χ4n) is 5.05. The number of anilines is 1. The summed E-state index contributed by atoms with van der Waals surface area (Å²) in [5, 5.41) is 4.75. The number of piperazine rings is 1. The highest BCUT2D eigenvalue weighted by Crippen LogP contribution is 2.28. The number of halogens is 1. The molecule has 5 rings (SSSR count). The van der Waals surface area contributed by atoms with Crippen molar-refractivity contribution in [3.63, 3.8) is 0 Å². The molecule has 0 bridgehead atoms. The summed E-state index contributed by atoms with van der Waals surface area (Å²) in [7, 11) is 0. The molecule has 2 atom stereocenters. The summed E-state index contributed by atoms with van der Waals surface area (Å²) in [5.74, 6) is -0.307. The number of nitrogens with zero attached hydrogens (tertiary/aromatic N) is 2. The fourth-order valence-corrected chi connectivity index (χ4v) is 5.05. The van der Waals surface area contributed by atoms with Crippen molar-refractivity contribution in [3.05, 3.63) is 108 Å². The molecule has 1 heterocycles. The van der Waals surface area contributed by atoms with Crippen LogP contribution in [0.3, 0.4) is 0 Å². The van der Waals surface area contributed by atoms with Gasteiger partial charge in [-0.1, -0.05) is 54.6 Å². The van der Waals surface area contributed by atoms with Crippen molar-refractivity contribution in [3.8, 4) is 5.75 Å². The first-order valence-electron chi connectivity index (χ1n) is 13.2. The molecule has 0 radical (unpaired) electrons. The minimum absolute atomic E-state index is 0.0183. The Bertz CT molecular complexity index is 1460. The van der Waals surface area contributed by atoms with Gasteiger partial charge in [-0.3, -0.25) is 14.5 Å². The molecular formula is C32H32FN3O3. The standard InChI is InChI=1S/C32H32FN3O3/c1-22-19-36(23(2)18-35(22)20-24-12-14-27(33)15-13-24)31(37)21-39-30-17-26-9-7-6-8-25(26)16-29(30)32(38)34-28-10-4-3-5-11-28/h3-17,22-23H,18-21H2,1-2H3,(H,34,38)/t22-,23+/m1/s1. The molecule has 39 heavy (non-hydrogen) atoms. The van der Waals surface area contributed by atoms with Crippen molar-refractivity contribution < 1.29 is 18.7 Å². The molecule has 1 aliphatic heterocycles. The Morgan fingerprint density at radius 1 is 0.872 bits per heavy atom. The van der Waals surface area contributed by atoms with Crippen LogP contribution in [0.15, 0.2) is 91.0 Å². The van der Waals surface area contributed by atoms with Crippen molar-refractivity contribution in [2.24, 2.45) is 0 Å². The Labute approximate surface area is 228 Å². The predicted octanol–water partition coefficient (Wildman–Crippen LogP) is 5.73. The maximum atomic E-state index is 13.3. The zero-order valence-electron chi connectivity index (χ0n) is 22.1. The van der Waals surface area contributed by atoms with Crippen LogP contribution in [0.5, 0.6) is 5.75 Å². The quantitative estimate of drug-likeness (QED) is 0.335. The number of hydrogen-bond donors (Lipinski definition) is 1. The van der Waals surface area contributed by atoms with Crippen LogP contribution in [0, 0.1) is 5.82 Å². The highest BCUT2D eigenvalue weighted by atomic mass is 19.1. The van der Waals surface area contributed by atoms with Gasteiger partial charge in [0.25, 0.3) is 11.8 Å². The third kappa shape index (κ3) is 6.26. The summed E-state index contributed by atoms with van der Waals surface area (Å²) in [4.78, 5) is 30.7. The van der Waals surface area contributed by atoms with E-state index in [1.807, 2.05) is 72.5 Å². The minimum Gasteiger partial charge on any atom is -0.483 e. The Morgan fingerprint density at radius 2 is 1.54 bits per heavy atom. The molecular weight excluding hydrogens is 493 g/mol. The average molecular weight is 526 g/mol. The van der Waals surface area contributed by atoms with Gasteiger partial charge >= 0.3 is 0 Å². The molecule has 1 aliphatic rings. The van der Waals surface area contributed by atoms with E-state index in [0.29, 0.717) is 36.6 Å². The van der Waals surface area contributed by atoms with Crippen molar-refractivity contribution >= 4 is 28.3 Å². The molecule has 0 spiro atoms. The predicted molar refractivity (Wildman–Crippen MR) is 151 cm³/mol. The number of para-hydroxylation sites is 1.